The second-order valence-electron chi connectivity index (χ2n) is 6.16. The number of amides is 1. The van der Waals surface area contributed by atoms with Crippen LogP contribution in [0.3, 0.4) is 0 Å². The van der Waals surface area contributed by atoms with Crippen molar-refractivity contribution in [3.8, 4) is 0 Å². The minimum Gasteiger partial charge on any atom is -0.399 e. The molecule has 1 aromatic carbocycles. The van der Waals surface area contributed by atoms with Crippen LogP contribution in [0.4, 0.5) is 11.4 Å². The molecular weight excluding hydrogens is 264 g/mol. The Morgan fingerprint density at radius 1 is 1.19 bits per heavy atom. The van der Waals surface area contributed by atoms with Crippen LogP contribution in [0.5, 0.6) is 0 Å². The average molecular weight is 290 g/mol. The third kappa shape index (κ3) is 3.47. The van der Waals surface area contributed by atoms with Crippen molar-refractivity contribution >= 4 is 17.3 Å². The lowest BCUT2D eigenvalue weighted by molar-refractivity contribution is 0.0828. The number of nitrogens with two attached hydrogens (primary N) is 1. The molecule has 1 aliphatic heterocycles. The number of rotatable bonds is 3. The minimum absolute atomic E-state index is 0.0275. The number of nitrogen functional groups attached to an aromatic ring is 1. The van der Waals surface area contributed by atoms with Crippen LogP contribution in [0.1, 0.15) is 23.2 Å². The van der Waals surface area contributed by atoms with E-state index in [0.717, 1.165) is 37.2 Å². The summed E-state index contributed by atoms with van der Waals surface area (Å²) in [4.78, 5) is 18.5. The molecule has 0 unspecified atom stereocenters. The topological polar surface area (TPSA) is 52.8 Å². The molecule has 0 spiro atoms. The number of carbonyl (C=O) groups excluding carboxylic acids is 1. The molecule has 0 saturated carbocycles. The van der Waals surface area contributed by atoms with Gasteiger partial charge in [0.1, 0.15) is 0 Å². The van der Waals surface area contributed by atoms with E-state index in [4.69, 9.17) is 5.73 Å². The number of piperidine rings is 1. The molecule has 5 nitrogen and oxygen atoms in total. The maximum Gasteiger partial charge on any atom is 0.255 e. The molecule has 116 valence electrons. The molecule has 1 fully saturated rings. The predicted octanol–water partition coefficient (Wildman–Crippen LogP) is 1.50. The summed E-state index contributed by atoms with van der Waals surface area (Å²) in [6.45, 7) is 1.92. The zero-order valence-corrected chi connectivity index (χ0v) is 13.5. The number of nitrogens with zero attached hydrogens (tertiary/aromatic N) is 3. The molecular formula is C16H26N4O. The lowest BCUT2D eigenvalue weighted by Gasteiger charge is -2.37. The van der Waals surface area contributed by atoms with Crippen LogP contribution >= 0.6 is 0 Å². The van der Waals surface area contributed by atoms with Crippen LogP contribution in [0.15, 0.2) is 18.2 Å². The number of benzene rings is 1. The largest absolute Gasteiger partial charge is 0.399 e. The van der Waals surface area contributed by atoms with Crippen molar-refractivity contribution in [2.75, 3.05) is 51.9 Å². The van der Waals surface area contributed by atoms with Crippen LogP contribution in [0.2, 0.25) is 0 Å². The first kappa shape index (κ1) is 15.6. The van der Waals surface area contributed by atoms with Crippen molar-refractivity contribution < 1.29 is 4.79 Å². The maximum absolute atomic E-state index is 12.3. The Kier molecular flexibility index (Phi) is 4.73. The SMILES string of the molecule is CN(C)C(=O)c1ccc(N)cc1N1CCC(N(C)C)CC1. The molecule has 1 saturated heterocycles. The number of hydrogen-bond donors (Lipinski definition) is 1. The van der Waals surface area contributed by atoms with Gasteiger partial charge in [-0.15, -0.1) is 0 Å². The fourth-order valence-electron chi connectivity index (χ4n) is 2.86. The van der Waals surface area contributed by atoms with Crippen molar-refractivity contribution in [2.45, 2.75) is 18.9 Å². The van der Waals surface area contributed by atoms with E-state index < -0.39 is 0 Å². The quantitative estimate of drug-likeness (QED) is 0.857. The molecule has 0 atom stereocenters. The van der Waals surface area contributed by atoms with Crippen molar-refractivity contribution in [3.63, 3.8) is 0 Å². The summed E-state index contributed by atoms with van der Waals surface area (Å²) in [7, 11) is 7.81. The summed E-state index contributed by atoms with van der Waals surface area (Å²) in [6, 6.07) is 6.18. The van der Waals surface area contributed by atoms with E-state index in [1.54, 1.807) is 25.1 Å². The minimum atomic E-state index is 0.0275. The van der Waals surface area contributed by atoms with Gasteiger partial charge in [0, 0.05) is 38.9 Å². The highest BCUT2D eigenvalue weighted by Gasteiger charge is 2.24. The van der Waals surface area contributed by atoms with Crippen LogP contribution in [-0.2, 0) is 0 Å². The fourth-order valence-corrected chi connectivity index (χ4v) is 2.86. The second-order valence-corrected chi connectivity index (χ2v) is 6.16. The fraction of sp³-hybridized carbons (Fsp3) is 0.562. The van der Waals surface area contributed by atoms with Crippen molar-refractivity contribution in [2.24, 2.45) is 0 Å². The average Bonchev–Trinajstić information content (AvgIpc) is 2.46. The predicted molar refractivity (Wildman–Crippen MR) is 87.8 cm³/mol. The van der Waals surface area contributed by atoms with Gasteiger partial charge in [-0.3, -0.25) is 4.79 Å². The van der Waals surface area contributed by atoms with Crippen LogP contribution in [-0.4, -0.2) is 63.0 Å². The van der Waals surface area contributed by atoms with Crippen LogP contribution in [0, 0.1) is 0 Å². The first-order chi connectivity index (χ1) is 9.90. The van der Waals surface area contributed by atoms with E-state index in [1.165, 1.54) is 0 Å². The monoisotopic (exact) mass is 290 g/mol. The summed E-state index contributed by atoms with van der Waals surface area (Å²) in [5, 5.41) is 0. The molecule has 0 aromatic heterocycles. The van der Waals surface area contributed by atoms with E-state index in [9.17, 15) is 4.79 Å². The Hall–Kier alpha value is -1.75. The van der Waals surface area contributed by atoms with Gasteiger partial charge >= 0.3 is 0 Å². The van der Waals surface area contributed by atoms with Gasteiger partial charge in [-0.1, -0.05) is 0 Å². The first-order valence-electron chi connectivity index (χ1n) is 7.42. The highest BCUT2D eigenvalue weighted by Crippen LogP contribution is 2.28. The summed E-state index contributed by atoms with van der Waals surface area (Å²) in [6.07, 6.45) is 2.22. The Labute approximate surface area is 127 Å². The summed E-state index contributed by atoms with van der Waals surface area (Å²) < 4.78 is 0. The summed E-state index contributed by atoms with van der Waals surface area (Å²) in [5.41, 5.74) is 8.33. The van der Waals surface area contributed by atoms with Gasteiger partial charge in [0.15, 0.2) is 0 Å². The zero-order chi connectivity index (χ0) is 15.6. The van der Waals surface area contributed by atoms with Gasteiger partial charge in [0.25, 0.3) is 5.91 Å². The zero-order valence-electron chi connectivity index (χ0n) is 13.5. The summed E-state index contributed by atoms with van der Waals surface area (Å²) >= 11 is 0. The van der Waals surface area contributed by atoms with Gasteiger partial charge in [-0.2, -0.15) is 0 Å². The van der Waals surface area contributed by atoms with E-state index in [0.29, 0.717) is 11.7 Å². The van der Waals surface area contributed by atoms with E-state index in [2.05, 4.69) is 23.9 Å². The van der Waals surface area contributed by atoms with E-state index >= 15 is 0 Å². The first-order valence-corrected chi connectivity index (χ1v) is 7.42. The molecule has 1 heterocycles. The lowest BCUT2D eigenvalue weighted by atomic mass is 10.0. The van der Waals surface area contributed by atoms with Crippen molar-refractivity contribution in [1.29, 1.82) is 0 Å². The van der Waals surface area contributed by atoms with Crippen LogP contribution in [0.25, 0.3) is 0 Å². The Bertz CT molecular complexity index is 505. The van der Waals surface area contributed by atoms with Gasteiger partial charge in [-0.25, -0.2) is 0 Å². The Morgan fingerprint density at radius 2 is 1.81 bits per heavy atom. The molecule has 0 radical (unpaired) electrons. The molecule has 1 aliphatic rings. The number of hydrogen-bond acceptors (Lipinski definition) is 4. The molecule has 2 N–H and O–H groups in total. The van der Waals surface area contributed by atoms with Crippen molar-refractivity contribution in [3.05, 3.63) is 23.8 Å². The molecule has 1 aromatic rings. The molecule has 0 bridgehead atoms. The van der Waals surface area contributed by atoms with Gasteiger partial charge in [0.2, 0.25) is 0 Å². The van der Waals surface area contributed by atoms with E-state index in [1.807, 2.05) is 12.1 Å². The molecule has 0 aliphatic carbocycles. The Morgan fingerprint density at radius 3 is 2.33 bits per heavy atom. The molecule has 2 rings (SSSR count). The molecule has 21 heavy (non-hydrogen) atoms. The lowest BCUT2D eigenvalue weighted by Crippen LogP contribution is -2.42. The smallest absolute Gasteiger partial charge is 0.255 e. The highest BCUT2D eigenvalue weighted by atomic mass is 16.2. The molecule has 5 heteroatoms. The van der Waals surface area contributed by atoms with Gasteiger partial charge < -0.3 is 20.4 Å². The Balaban J connectivity index is 2.23. The van der Waals surface area contributed by atoms with Crippen LogP contribution < -0.4 is 10.6 Å². The molecule has 1 amide bonds. The summed E-state index contributed by atoms with van der Waals surface area (Å²) in [5.74, 6) is 0.0275. The van der Waals surface area contributed by atoms with Crippen molar-refractivity contribution in [1.82, 2.24) is 9.80 Å². The highest BCUT2D eigenvalue weighted by molar-refractivity contribution is 6.00. The third-order valence-electron chi connectivity index (χ3n) is 4.19. The number of carbonyl (C=O) groups is 1. The maximum atomic E-state index is 12.3. The second kappa shape index (κ2) is 6.35. The normalized spacial score (nSPS) is 16.3. The van der Waals surface area contributed by atoms with E-state index in [-0.39, 0.29) is 5.91 Å². The third-order valence-corrected chi connectivity index (χ3v) is 4.19. The number of anilines is 2. The standard InChI is InChI=1S/C16H26N4O/c1-18(2)13-7-9-20(10-8-13)15-11-12(17)5-6-14(15)16(21)19(3)4/h5-6,11,13H,7-10,17H2,1-4H3. The van der Waals surface area contributed by atoms with Gasteiger partial charge in [-0.05, 0) is 45.1 Å². The van der Waals surface area contributed by atoms with Gasteiger partial charge in [0.05, 0.1) is 11.3 Å².